The third-order valence-electron chi connectivity index (χ3n) is 5.60. The maximum atomic E-state index is 12.9. The summed E-state index contributed by atoms with van der Waals surface area (Å²) in [5.41, 5.74) is 1.60. The van der Waals surface area contributed by atoms with Gasteiger partial charge in [-0.25, -0.2) is 4.79 Å². The lowest BCUT2D eigenvalue weighted by Crippen LogP contribution is -2.39. The monoisotopic (exact) mass is 469 g/mol. The largest absolute Gasteiger partial charge is 0.464 e. The van der Waals surface area contributed by atoms with Crippen molar-refractivity contribution in [3.8, 4) is 5.75 Å². The van der Waals surface area contributed by atoms with Gasteiger partial charge < -0.3 is 9.29 Å². The average molecular weight is 470 g/mol. The Bertz CT molecular complexity index is 739. The summed E-state index contributed by atoms with van der Waals surface area (Å²) in [6.45, 7) is 6.16. The zero-order valence-corrected chi connectivity index (χ0v) is 21.1. The number of unbranched alkanes of at least 4 members (excludes halogenated alkanes) is 9. The number of para-hydroxylation sites is 1. The highest BCUT2D eigenvalue weighted by Gasteiger charge is 2.30. The van der Waals surface area contributed by atoms with Gasteiger partial charge in [0, 0.05) is 6.54 Å². The summed E-state index contributed by atoms with van der Waals surface area (Å²) in [6.07, 6.45) is 12.5. The molecular weight excluding hydrogens is 426 g/mol. The minimum Gasteiger partial charge on any atom is -0.464 e. The van der Waals surface area contributed by atoms with Crippen molar-refractivity contribution < 1.29 is 22.5 Å². The molecule has 0 unspecified atom stereocenters. The molecule has 184 valence electrons. The molecule has 0 radical (unpaired) electrons. The molecule has 0 atom stereocenters. The minimum atomic E-state index is -4.43. The van der Waals surface area contributed by atoms with Gasteiger partial charge in [-0.3, -0.25) is 0 Å². The molecule has 1 N–H and O–H groups in total. The number of rotatable bonds is 18. The van der Waals surface area contributed by atoms with Crippen molar-refractivity contribution in [1.82, 2.24) is 4.31 Å². The smallest absolute Gasteiger partial charge is 0.423 e. The van der Waals surface area contributed by atoms with Crippen LogP contribution in [0.4, 0.5) is 4.79 Å². The number of aryl methyl sites for hydroxylation is 2. The minimum absolute atomic E-state index is 0.0762. The third-order valence-corrected chi connectivity index (χ3v) is 6.86. The van der Waals surface area contributed by atoms with Crippen molar-refractivity contribution in [3.05, 3.63) is 29.3 Å². The van der Waals surface area contributed by atoms with E-state index in [2.05, 4.69) is 6.92 Å². The van der Waals surface area contributed by atoms with Gasteiger partial charge in [-0.05, 0) is 30.4 Å². The van der Waals surface area contributed by atoms with Gasteiger partial charge in [-0.15, -0.1) is 0 Å². The van der Waals surface area contributed by atoms with E-state index in [-0.39, 0.29) is 6.54 Å². The lowest BCUT2D eigenvalue weighted by molar-refractivity contribution is 0.168. The van der Waals surface area contributed by atoms with E-state index in [1.807, 2.05) is 32.0 Å². The fourth-order valence-electron chi connectivity index (χ4n) is 3.87. The first-order chi connectivity index (χ1) is 15.4. The molecule has 7 heteroatoms. The Morgan fingerprint density at radius 3 is 1.72 bits per heavy atom. The molecule has 0 heterocycles. The second-order valence-electron chi connectivity index (χ2n) is 8.48. The maximum absolute atomic E-state index is 12.9. The van der Waals surface area contributed by atoms with Crippen molar-refractivity contribution in [3.63, 3.8) is 0 Å². The van der Waals surface area contributed by atoms with E-state index in [1.165, 1.54) is 38.5 Å². The van der Waals surface area contributed by atoms with E-state index in [0.717, 1.165) is 43.2 Å². The number of amides is 1. The van der Waals surface area contributed by atoms with Crippen molar-refractivity contribution in [2.75, 3.05) is 6.54 Å². The number of benzene rings is 1. The van der Waals surface area contributed by atoms with Crippen LogP contribution in [0.25, 0.3) is 0 Å². The normalized spacial score (nSPS) is 11.5. The highest BCUT2D eigenvalue weighted by Crippen LogP contribution is 2.29. The lowest BCUT2D eigenvalue weighted by Gasteiger charge is -2.21. The van der Waals surface area contributed by atoms with Crippen molar-refractivity contribution in [2.45, 2.75) is 111 Å². The number of carboxylic acid groups (broad SMARTS) is 1. The highest BCUT2D eigenvalue weighted by molar-refractivity contribution is 7.85. The molecule has 0 saturated heterocycles. The van der Waals surface area contributed by atoms with Gasteiger partial charge in [0.05, 0.1) is 0 Å². The molecule has 1 aromatic carbocycles. The molecule has 1 rings (SSSR count). The molecule has 1 amide bonds. The van der Waals surface area contributed by atoms with E-state index >= 15 is 0 Å². The van der Waals surface area contributed by atoms with Gasteiger partial charge in [-0.2, -0.15) is 12.7 Å². The Kier molecular flexibility index (Phi) is 14.1. The van der Waals surface area contributed by atoms with Crippen molar-refractivity contribution in [2.24, 2.45) is 0 Å². The van der Waals surface area contributed by atoms with Gasteiger partial charge in [-0.1, -0.05) is 110 Å². The molecule has 1 aromatic rings. The van der Waals surface area contributed by atoms with Crippen LogP contribution in [-0.4, -0.2) is 30.5 Å². The lowest BCUT2D eigenvalue weighted by atomic mass is 10.0. The summed E-state index contributed by atoms with van der Waals surface area (Å²) in [6, 6.07) is 5.59. The van der Waals surface area contributed by atoms with Crippen LogP contribution >= 0.6 is 0 Å². The zero-order chi connectivity index (χ0) is 23.8. The molecule has 0 bridgehead atoms. The van der Waals surface area contributed by atoms with Gasteiger partial charge in [0.1, 0.15) is 0 Å². The second kappa shape index (κ2) is 15.9. The summed E-state index contributed by atoms with van der Waals surface area (Å²) >= 11 is 0. The Labute approximate surface area is 195 Å². The summed E-state index contributed by atoms with van der Waals surface area (Å²) in [7, 11) is -4.43. The standard InChI is InChI=1S/C25H43NO5S/c1-4-7-8-9-10-11-12-13-14-15-21-26(25(27)28)32(29,30)31-24-22(17-5-2)19-16-20-23(24)18-6-3/h16,19-20H,4-15,17-18,21H2,1-3H3,(H,27,28). The van der Waals surface area contributed by atoms with E-state index in [0.29, 0.717) is 29.3 Å². The Morgan fingerprint density at radius 1 is 0.812 bits per heavy atom. The van der Waals surface area contributed by atoms with Crippen LogP contribution in [0.2, 0.25) is 0 Å². The third kappa shape index (κ3) is 10.2. The van der Waals surface area contributed by atoms with Crippen molar-refractivity contribution in [1.29, 1.82) is 0 Å². The van der Waals surface area contributed by atoms with Gasteiger partial charge >= 0.3 is 16.4 Å². The first-order valence-corrected chi connectivity index (χ1v) is 13.8. The molecule has 0 aliphatic carbocycles. The van der Waals surface area contributed by atoms with Crippen molar-refractivity contribution >= 4 is 16.4 Å². The summed E-state index contributed by atoms with van der Waals surface area (Å²) < 4.78 is 31.6. The Balaban J connectivity index is 2.66. The fraction of sp³-hybridized carbons (Fsp3) is 0.720. The number of nitrogens with zero attached hydrogens (tertiary/aromatic N) is 1. The first kappa shape index (κ1) is 28.3. The maximum Gasteiger partial charge on any atom is 0.423 e. The van der Waals surface area contributed by atoms with Gasteiger partial charge in [0.15, 0.2) is 5.75 Å². The second-order valence-corrected chi connectivity index (χ2v) is 9.95. The van der Waals surface area contributed by atoms with Crippen LogP contribution in [0.3, 0.4) is 0 Å². The van der Waals surface area contributed by atoms with E-state index in [4.69, 9.17) is 4.18 Å². The van der Waals surface area contributed by atoms with Gasteiger partial charge in [0.25, 0.3) is 0 Å². The Hall–Kier alpha value is -1.76. The SMILES string of the molecule is CCCCCCCCCCCCN(C(=O)O)S(=O)(=O)Oc1c(CCC)cccc1CCC. The summed E-state index contributed by atoms with van der Waals surface area (Å²) in [5, 5.41) is 9.54. The van der Waals surface area contributed by atoms with E-state index < -0.39 is 16.4 Å². The van der Waals surface area contributed by atoms with Gasteiger partial charge in [0.2, 0.25) is 0 Å². The van der Waals surface area contributed by atoms with Crippen LogP contribution in [0.1, 0.15) is 109 Å². The van der Waals surface area contributed by atoms with E-state index in [9.17, 15) is 18.3 Å². The molecule has 6 nitrogen and oxygen atoms in total. The summed E-state index contributed by atoms with van der Waals surface area (Å²) in [5.74, 6) is 0.297. The van der Waals surface area contributed by atoms with Crippen LogP contribution in [0.15, 0.2) is 18.2 Å². The molecule has 0 aliphatic heterocycles. The highest BCUT2D eigenvalue weighted by atomic mass is 32.2. The molecule has 0 saturated carbocycles. The molecule has 0 fully saturated rings. The molecular formula is C25H43NO5S. The number of hydrogen-bond acceptors (Lipinski definition) is 4. The molecule has 0 aromatic heterocycles. The summed E-state index contributed by atoms with van der Waals surface area (Å²) in [4.78, 5) is 11.7. The molecule has 0 aliphatic rings. The quantitative estimate of drug-likeness (QED) is 0.231. The first-order valence-electron chi connectivity index (χ1n) is 12.4. The average Bonchev–Trinajstić information content (AvgIpc) is 2.74. The zero-order valence-electron chi connectivity index (χ0n) is 20.3. The number of carbonyl (C=O) groups is 1. The predicted octanol–water partition coefficient (Wildman–Crippen LogP) is 7.12. The fourth-order valence-corrected chi connectivity index (χ4v) is 4.93. The Morgan fingerprint density at radius 2 is 1.28 bits per heavy atom. The van der Waals surface area contributed by atoms with E-state index in [1.54, 1.807) is 0 Å². The predicted molar refractivity (Wildman–Crippen MR) is 131 cm³/mol. The van der Waals surface area contributed by atoms with Crippen LogP contribution in [-0.2, 0) is 23.1 Å². The van der Waals surface area contributed by atoms with Crippen LogP contribution in [0.5, 0.6) is 5.75 Å². The molecule has 32 heavy (non-hydrogen) atoms. The number of hydrogen-bond donors (Lipinski definition) is 1. The molecule has 0 spiro atoms. The van der Waals surface area contributed by atoms with Crippen LogP contribution in [0, 0.1) is 0 Å². The topological polar surface area (TPSA) is 83.9 Å². The van der Waals surface area contributed by atoms with Crippen LogP contribution < -0.4 is 4.18 Å².